The highest BCUT2D eigenvalue weighted by atomic mass is 35.5. The Balaban J connectivity index is 0.00000220. The van der Waals surface area contributed by atoms with Crippen LogP contribution in [0.4, 0.5) is 0 Å². The van der Waals surface area contributed by atoms with Crippen LogP contribution < -0.4 is 5.32 Å². The normalized spacial score (nSPS) is 12.2. The number of rotatable bonds is 6. The van der Waals surface area contributed by atoms with Crippen molar-refractivity contribution in [1.82, 2.24) is 25.2 Å². The summed E-state index contributed by atoms with van der Waals surface area (Å²) in [7, 11) is 1.93. The maximum atomic E-state index is 5.41. The van der Waals surface area contributed by atoms with Crippen LogP contribution in [0.3, 0.4) is 0 Å². The molecule has 21 heavy (non-hydrogen) atoms. The van der Waals surface area contributed by atoms with E-state index in [9.17, 15) is 0 Å². The Kier molecular flexibility index (Phi) is 6.36. The van der Waals surface area contributed by atoms with Crippen LogP contribution in [-0.2, 0) is 13.0 Å². The molecule has 1 unspecified atom stereocenters. The van der Waals surface area contributed by atoms with Crippen molar-refractivity contribution in [2.75, 3.05) is 7.05 Å². The lowest BCUT2D eigenvalue weighted by atomic mass is 10.2. The molecule has 0 radical (unpaired) electrons. The monoisotopic (exact) mass is 313 g/mol. The van der Waals surface area contributed by atoms with Gasteiger partial charge in [-0.15, -0.1) is 12.4 Å². The summed E-state index contributed by atoms with van der Waals surface area (Å²) in [6.07, 6.45) is 1.80. The Labute approximate surface area is 131 Å². The van der Waals surface area contributed by atoms with Crippen LogP contribution in [0, 0.1) is 13.8 Å². The van der Waals surface area contributed by atoms with Crippen molar-refractivity contribution < 1.29 is 4.52 Å². The van der Waals surface area contributed by atoms with Crippen molar-refractivity contribution in [3.05, 3.63) is 17.2 Å². The van der Waals surface area contributed by atoms with Gasteiger partial charge in [0.15, 0.2) is 5.82 Å². The number of aryl methyl sites for hydroxylation is 2. The van der Waals surface area contributed by atoms with Crippen molar-refractivity contribution in [2.45, 2.75) is 53.1 Å². The van der Waals surface area contributed by atoms with Gasteiger partial charge in [-0.05, 0) is 34.2 Å². The van der Waals surface area contributed by atoms with Crippen LogP contribution in [-0.4, -0.2) is 33.0 Å². The fraction of sp³-hybridized carbons (Fsp3) is 0.643. The van der Waals surface area contributed by atoms with Crippen molar-refractivity contribution in [3.8, 4) is 11.5 Å². The van der Waals surface area contributed by atoms with Gasteiger partial charge in [-0.25, -0.2) is 0 Å². The number of halogens is 1. The number of nitrogens with zero attached hydrogens (tertiary/aromatic N) is 4. The van der Waals surface area contributed by atoms with Gasteiger partial charge in [-0.1, -0.05) is 12.1 Å². The predicted octanol–water partition coefficient (Wildman–Crippen LogP) is 2.53. The van der Waals surface area contributed by atoms with Gasteiger partial charge in [-0.3, -0.25) is 4.68 Å². The summed E-state index contributed by atoms with van der Waals surface area (Å²) in [4.78, 5) is 4.49. The Morgan fingerprint density at radius 3 is 2.67 bits per heavy atom. The minimum Gasteiger partial charge on any atom is -0.334 e. The lowest BCUT2D eigenvalue weighted by molar-refractivity contribution is 0.417. The molecular formula is C14H24ClN5O. The van der Waals surface area contributed by atoms with Gasteiger partial charge in [0, 0.05) is 24.7 Å². The minimum atomic E-state index is 0. The van der Waals surface area contributed by atoms with E-state index >= 15 is 0 Å². The molecule has 7 heteroatoms. The Morgan fingerprint density at radius 1 is 1.33 bits per heavy atom. The van der Waals surface area contributed by atoms with Gasteiger partial charge >= 0.3 is 0 Å². The van der Waals surface area contributed by atoms with E-state index in [0.29, 0.717) is 11.9 Å². The molecule has 0 saturated carbocycles. The van der Waals surface area contributed by atoms with Gasteiger partial charge in [-0.2, -0.15) is 10.1 Å². The molecule has 0 saturated heterocycles. The molecule has 118 valence electrons. The highest BCUT2D eigenvalue weighted by Crippen LogP contribution is 2.25. The SMILES string of the molecule is CCCn1nc(C)c(-c2nc(CC(C)NC)no2)c1C.Cl. The first-order valence-electron chi connectivity index (χ1n) is 7.11. The summed E-state index contributed by atoms with van der Waals surface area (Å²) >= 11 is 0. The molecule has 2 heterocycles. The van der Waals surface area contributed by atoms with E-state index < -0.39 is 0 Å². The Bertz CT molecular complexity index is 578. The zero-order chi connectivity index (χ0) is 14.7. The van der Waals surface area contributed by atoms with E-state index in [-0.39, 0.29) is 12.4 Å². The molecule has 6 nitrogen and oxygen atoms in total. The zero-order valence-electron chi connectivity index (χ0n) is 13.3. The molecule has 1 N–H and O–H groups in total. The van der Waals surface area contributed by atoms with Crippen LogP contribution in [0.1, 0.15) is 37.5 Å². The van der Waals surface area contributed by atoms with Crippen molar-refractivity contribution >= 4 is 12.4 Å². The van der Waals surface area contributed by atoms with Crippen LogP contribution in [0.25, 0.3) is 11.5 Å². The highest BCUT2D eigenvalue weighted by Gasteiger charge is 2.19. The molecule has 1 atom stereocenters. The minimum absolute atomic E-state index is 0. The molecule has 2 aromatic rings. The molecule has 0 aromatic carbocycles. The first kappa shape index (κ1) is 17.7. The van der Waals surface area contributed by atoms with Gasteiger partial charge in [0.2, 0.25) is 0 Å². The van der Waals surface area contributed by atoms with Crippen molar-refractivity contribution in [1.29, 1.82) is 0 Å². The van der Waals surface area contributed by atoms with Crippen LogP contribution >= 0.6 is 12.4 Å². The highest BCUT2D eigenvalue weighted by molar-refractivity contribution is 5.85. The molecule has 0 amide bonds. The summed E-state index contributed by atoms with van der Waals surface area (Å²) < 4.78 is 7.41. The maximum absolute atomic E-state index is 5.41. The summed E-state index contributed by atoms with van der Waals surface area (Å²) in [5, 5.41) is 11.8. The average molecular weight is 314 g/mol. The molecule has 0 aliphatic rings. The second-order valence-electron chi connectivity index (χ2n) is 5.18. The lowest BCUT2D eigenvalue weighted by Gasteiger charge is -2.04. The summed E-state index contributed by atoms with van der Waals surface area (Å²) in [5.41, 5.74) is 2.99. The first-order chi connectivity index (χ1) is 9.56. The van der Waals surface area contributed by atoms with E-state index in [0.717, 1.165) is 42.2 Å². The van der Waals surface area contributed by atoms with Crippen LogP contribution in [0.15, 0.2) is 4.52 Å². The smallest absolute Gasteiger partial charge is 0.261 e. The lowest BCUT2D eigenvalue weighted by Crippen LogP contribution is -2.24. The predicted molar refractivity (Wildman–Crippen MR) is 84.8 cm³/mol. The van der Waals surface area contributed by atoms with Gasteiger partial charge < -0.3 is 9.84 Å². The largest absolute Gasteiger partial charge is 0.334 e. The molecule has 0 spiro atoms. The molecule has 0 bridgehead atoms. The number of aromatic nitrogens is 4. The number of nitrogens with one attached hydrogen (secondary N) is 1. The molecule has 2 rings (SSSR count). The van der Waals surface area contributed by atoms with Crippen molar-refractivity contribution in [2.24, 2.45) is 0 Å². The van der Waals surface area contributed by atoms with E-state index in [1.54, 1.807) is 0 Å². The summed E-state index contributed by atoms with van der Waals surface area (Å²) in [5.74, 6) is 1.30. The van der Waals surface area contributed by atoms with E-state index in [1.807, 2.05) is 25.6 Å². The summed E-state index contributed by atoms with van der Waals surface area (Å²) in [6, 6.07) is 0.324. The van der Waals surface area contributed by atoms with Crippen molar-refractivity contribution in [3.63, 3.8) is 0 Å². The fourth-order valence-electron chi connectivity index (χ4n) is 2.25. The van der Waals surface area contributed by atoms with Gasteiger partial charge in [0.1, 0.15) is 0 Å². The van der Waals surface area contributed by atoms with Gasteiger partial charge in [0.25, 0.3) is 5.89 Å². The second-order valence-corrected chi connectivity index (χ2v) is 5.18. The third-order valence-electron chi connectivity index (χ3n) is 3.48. The standard InChI is InChI=1S/C14H23N5O.ClH/c1-6-7-19-11(4)13(10(3)17-19)14-16-12(18-20-14)8-9(2)15-5;/h9,15H,6-8H2,1-5H3;1H. The fourth-order valence-corrected chi connectivity index (χ4v) is 2.25. The van der Waals surface area contributed by atoms with Crippen LogP contribution in [0.5, 0.6) is 0 Å². The number of hydrogen-bond acceptors (Lipinski definition) is 5. The molecule has 0 fully saturated rings. The maximum Gasteiger partial charge on any atom is 0.261 e. The molecule has 0 aliphatic carbocycles. The quantitative estimate of drug-likeness (QED) is 0.887. The third-order valence-corrected chi connectivity index (χ3v) is 3.48. The summed E-state index contributed by atoms with van der Waals surface area (Å²) in [6.45, 7) is 9.16. The van der Waals surface area contributed by atoms with E-state index in [2.05, 4.69) is 34.4 Å². The molecular weight excluding hydrogens is 290 g/mol. The molecule has 2 aromatic heterocycles. The number of likely N-dealkylation sites (N-methyl/N-ethyl adjacent to an activating group) is 1. The van der Waals surface area contributed by atoms with Gasteiger partial charge in [0.05, 0.1) is 11.3 Å². The van der Waals surface area contributed by atoms with Crippen LogP contribution in [0.2, 0.25) is 0 Å². The Morgan fingerprint density at radius 2 is 2.05 bits per heavy atom. The Hall–Kier alpha value is -1.40. The topological polar surface area (TPSA) is 68.8 Å². The first-order valence-corrected chi connectivity index (χ1v) is 7.11. The third kappa shape index (κ3) is 3.83. The number of hydrogen-bond donors (Lipinski definition) is 1. The van der Waals surface area contributed by atoms with E-state index in [4.69, 9.17) is 4.52 Å². The second kappa shape index (κ2) is 7.56. The molecule has 0 aliphatic heterocycles. The zero-order valence-corrected chi connectivity index (χ0v) is 14.1. The van der Waals surface area contributed by atoms with E-state index in [1.165, 1.54) is 0 Å². The average Bonchev–Trinajstić information content (AvgIpc) is 2.96.